The number of carbonyl (C=O) groups excluding carboxylic acids is 2. The van der Waals surface area contributed by atoms with Crippen LogP contribution in [-0.4, -0.2) is 36.5 Å². The number of nitrogens with zero attached hydrogens (tertiary/aromatic N) is 1. The number of carbonyl (C=O) groups is 2. The van der Waals surface area contributed by atoms with Crippen molar-refractivity contribution in [1.82, 2.24) is 10.2 Å². The number of amides is 3. The number of benzene rings is 1. The maximum atomic E-state index is 11.7. The maximum Gasteiger partial charge on any atom is 0.317 e. The van der Waals surface area contributed by atoms with Crippen molar-refractivity contribution >= 4 is 17.6 Å². The molecule has 0 saturated carbocycles. The lowest BCUT2D eigenvalue weighted by molar-refractivity contribution is -0.116. The molecule has 3 amide bonds. The highest BCUT2D eigenvalue weighted by atomic mass is 16.2. The summed E-state index contributed by atoms with van der Waals surface area (Å²) in [6, 6.07) is 7.37. The molecule has 1 saturated heterocycles. The molecule has 1 aliphatic heterocycles. The van der Waals surface area contributed by atoms with Crippen LogP contribution in [0.2, 0.25) is 0 Å². The van der Waals surface area contributed by atoms with Gasteiger partial charge in [0.15, 0.2) is 0 Å². The number of urea groups is 1. The van der Waals surface area contributed by atoms with Crippen LogP contribution in [0.4, 0.5) is 10.5 Å². The molecule has 0 aliphatic carbocycles. The summed E-state index contributed by atoms with van der Waals surface area (Å²) < 4.78 is 0. The van der Waals surface area contributed by atoms with Crippen LogP contribution >= 0.6 is 0 Å². The second-order valence-corrected chi connectivity index (χ2v) is 4.07. The Hall–Kier alpha value is -2.04. The molecule has 17 heavy (non-hydrogen) atoms. The van der Waals surface area contributed by atoms with Gasteiger partial charge in [-0.1, -0.05) is 17.7 Å². The van der Waals surface area contributed by atoms with Gasteiger partial charge in [-0.15, -0.1) is 0 Å². The van der Waals surface area contributed by atoms with E-state index in [-0.39, 0.29) is 18.5 Å². The van der Waals surface area contributed by atoms with Gasteiger partial charge in [0, 0.05) is 18.8 Å². The summed E-state index contributed by atoms with van der Waals surface area (Å²) in [7, 11) is 0. The smallest absolute Gasteiger partial charge is 0.317 e. The monoisotopic (exact) mass is 233 g/mol. The molecule has 0 radical (unpaired) electrons. The zero-order valence-corrected chi connectivity index (χ0v) is 9.69. The first kappa shape index (κ1) is 11.4. The molecule has 90 valence electrons. The Morgan fingerprint density at radius 1 is 1.41 bits per heavy atom. The van der Waals surface area contributed by atoms with Crippen LogP contribution in [-0.2, 0) is 4.79 Å². The van der Waals surface area contributed by atoms with Crippen LogP contribution in [0.5, 0.6) is 0 Å². The van der Waals surface area contributed by atoms with Crippen LogP contribution in [0, 0.1) is 6.92 Å². The van der Waals surface area contributed by atoms with E-state index in [4.69, 9.17) is 0 Å². The molecule has 0 unspecified atom stereocenters. The third-order valence-electron chi connectivity index (χ3n) is 2.61. The number of rotatable bonds is 3. The van der Waals surface area contributed by atoms with Crippen molar-refractivity contribution in [2.24, 2.45) is 0 Å². The summed E-state index contributed by atoms with van der Waals surface area (Å²) in [6.07, 6.45) is 0. The molecule has 0 aromatic heterocycles. The highest BCUT2D eigenvalue weighted by molar-refractivity contribution is 5.94. The number of hydrogen-bond acceptors (Lipinski definition) is 2. The van der Waals surface area contributed by atoms with Crippen molar-refractivity contribution < 1.29 is 9.59 Å². The predicted molar refractivity (Wildman–Crippen MR) is 64.8 cm³/mol. The summed E-state index contributed by atoms with van der Waals surface area (Å²) >= 11 is 0. The largest absolute Gasteiger partial charge is 0.336 e. The minimum Gasteiger partial charge on any atom is -0.336 e. The Morgan fingerprint density at radius 2 is 2.12 bits per heavy atom. The zero-order valence-electron chi connectivity index (χ0n) is 9.69. The SMILES string of the molecule is Cc1ccc(NC(=O)CN2CCNC2=O)cc1. The molecule has 1 aliphatic rings. The normalized spacial score (nSPS) is 14.6. The molecular formula is C12H15N3O2. The molecule has 5 nitrogen and oxygen atoms in total. The van der Waals surface area contributed by atoms with Crippen LogP contribution in [0.3, 0.4) is 0 Å². The molecule has 2 N–H and O–H groups in total. The van der Waals surface area contributed by atoms with Gasteiger partial charge in [0.25, 0.3) is 0 Å². The third-order valence-corrected chi connectivity index (χ3v) is 2.61. The van der Waals surface area contributed by atoms with E-state index in [0.717, 1.165) is 11.3 Å². The first-order valence-electron chi connectivity index (χ1n) is 5.54. The third kappa shape index (κ3) is 2.96. The molecule has 2 rings (SSSR count). The van der Waals surface area contributed by atoms with Crippen molar-refractivity contribution in [2.75, 3.05) is 25.0 Å². The molecule has 1 heterocycles. The lowest BCUT2D eigenvalue weighted by Crippen LogP contribution is -2.35. The summed E-state index contributed by atoms with van der Waals surface area (Å²) in [5.74, 6) is -0.175. The average Bonchev–Trinajstić information content (AvgIpc) is 2.68. The first-order valence-corrected chi connectivity index (χ1v) is 5.54. The quantitative estimate of drug-likeness (QED) is 0.816. The fourth-order valence-electron chi connectivity index (χ4n) is 1.67. The Morgan fingerprint density at radius 3 is 2.71 bits per heavy atom. The van der Waals surface area contributed by atoms with Crippen LogP contribution < -0.4 is 10.6 Å². The van der Waals surface area contributed by atoms with E-state index in [9.17, 15) is 9.59 Å². The average molecular weight is 233 g/mol. The summed E-state index contributed by atoms with van der Waals surface area (Å²) in [4.78, 5) is 24.4. The minimum absolute atomic E-state index is 0.0969. The Labute approximate surface area is 99.8 Å². The van der Waals surface area contributed by atoms with Crippen LogP contribution in [0.25, 0.3) is 0 Å². The van der Waals surface area contributed by atoms with Gasteiger partial charge in [0.2, 0.25) is 5.91 Å². The molecule has 0 spiro atoms. The Bertz CT molecular complexity index is 428. The van der Waals surface area contributed by atoms with E-state index in [1.807, 2.05) is 31.2 Å². The van der Waals surface area contributed by atoms with Crippen molar-refractivity contribution in [3.8, 4) is 0 Å². The van der Waals surface area contributed by atoms with Gasteiger partial charge >= 0.3 is 6.03 Å². The van der Waals surface area contributed by atoms with Gasteiger partial charge in [-0.25, -0.2) is 4.79 Å². The van der Waals surface area contributed by atoms with Gasteiger partial charge in [-0.2, -0.15) is 0 Å². The van der Waals surface area contributed by atoms with Crippen molar-refractivity contribution in [3.05, 3.63) is 29.8 Å². The molecule has 1 fully saturated rings. The molecule has 1 aromatic carbocycles. The maximum absolute atomic E-state index is 11.7. The van der Waals surface area contributed by atoms with Crippen molar-refractivity contribution in [1.29, 1.82) is 0 Å². The number of aryl methyl sites for hydroxylation is 1. The number of hydrogen-bond donors (Lipinski definition) is 2. The lowest BCUT2D eigenvalue weighted by Gasteiger charge is -2.13. The standard InChI is InChI=1S/C12H15N3O2/c1-9-2-4-10(5-3-9)14-11(16)8-15-7-6-13-12(15)17/h2-5H,6-8H2,1H3,(H,13,17)(H,14,16). The van der Waals surface area contributed by atoms with Crippen molar-refractivity contribution in [3.63, 3.8) is 0 Å². The van der Waals surface area contributed by atoms with Gasteiger partial charge in [0.1, 0.15) is 6.54 Å². The molecule has 0 atom stereocenters. The van der Waals surface area contributed by atoms with E-state index in [1.54, 1.807) is 0 Å². The van der Waals surface area contributed by atoms with Crippen molar-refractivity contribution in [2.45, 2.75) is 6.92 Å². The lowest BCUT2D eigenvalue weighted by atomic mass is 10.2. The molecular weight excluding hydrogens is 218 g/mol. The van der Waals surface area contributed by atoms with Gasteiger partial charge < -0.3 is 15.5 Å². The van der Waals surface area contributed by atoms with E-state index in [1.165, 1.54) is 4.90 Å². The van der Waals surface area contributed by atoms with Gasteiger partial charge in [0.05, 0.1) is 0 Å². The first-order chi connectivity index (χ1) is 8.15. The van der Waals surface area contributed by atoms with Crippen LogP contribution in [0.15, 0.2) is 24.3 Å². The van der Waals surface area contributed by atoms with Crippen LogP contribution in [0.1, 0.15) is 5.56 Å². The minimum atomic E-state index is -0.177. The number of nitrogens with one attached hydrogen (secondary N) is 2. The summed E-state index contributed by atoms with van der Waals surface area (Å²) in [5.41, 5.74) is 1.89. The highest BCUT2D eigenvalue weighted by Gasteiger charge is 2.21. The van der Waals surface area contributed by atoms with E-state index >= 15 is 0 Å². The summed E-state index contributed by atoms with van der Waals surface area (Å²) in [5, 5.41) is 5.41. The highest BCUT2D eigenvalue weighted by Crippen LogP contribution is 2.08. The molecule has 1 aromatic rings. The fourth-order valence-corrected chi connectivity index (χ4v) is 1.67. The zero-order chi connectivity index (χ0) is 12.3. The molecule has 0 bridgehead atoms. The second kappa shape index (κ2) is 4.86. The fraction of sp³-hybridized carbons (Fsp3) is 0.333. The number of anilines is 1. The Kier molecular flexibility index (Phi) is 3.27. The predicted octanol–water partition coefficient (Wildman–Crippen LogP) is 0.959. The van der Waals surface area contributed by atoms with E-state index in [0.29, 0.717) is 13.1 Å². The van der Waals surface area contributed by atoms with E-state index < -0.39 is 0 Å². The summed E-state index contributed by atoms with van der Waals surface area (Å²) in [6.45, 7) is 3.27. The van der Waals surface area contributed by atoms with E-state index in [2.05, 4.69) is 10.6 Å². The van der Waals surface area contributed by atoms with Gasteiger partial charge in [-0.3, -0.25) is 4.79 Å². The van der Waals surface area contributed by atoms with Gasteiger partial charge in [-0.05, 0) is 19.1 Å². The molecule has 5 heteroatoms. The Balaban J connectivity index is 1.88. The second-order valence-electron chi connectivity index (χ2n) is 4.07. The topological polar surface area (TPSA) is 61.4 Å².